The van der Waals surface area contributed by atoms with Gasteiger partial charge in [0.15, 0.2) is 3.95 Å². The Morgan fingerprint density at radius 1 is 1.33 bits per heavy atom. The summed E-state index contributed by atoms with van der Waals surface area (Å²) in [7, 11) is 0. The number of benzene rings is 1. The van der Waals surface area contributed by atoms with Gasteiger partial charge in [-0.15, -0.1) is 11.3 Å². The summed E-state index contributed by atoms with van der Waals surface area (Å²) in [6.07, 6.45) is 3.11. The molecular weight excluding hydrogens is 388 g/mol. The minimum absolute atomic E-state index is 0.0170. The Morgan fingerprint density at radius 2 is 2.07 bits per heavy atom. The van der Waals surface area contributed by atoms with Crippen molar-refractivity contribution >= 4 is 47.4 Å². The maximum atomic E-state index is 11.7. The van der Waals surface area contributed by atoms with Crippen molar-refractivity contribution < 1.29 is 18.9 Å². The number of hydrogen-bond acceptors (Lipinski definition) is 7. The molecule has 0 fully saturated rings. The highest BCUT2D eigenvalue weighted by Crippen LogP contribution is 2.24. The molecule has 3 rings (SSSR count). The fraction of sp³-hybridized carbons (Fsp3) is 0.111. The molecule has 1 aromatic carbocycles. The van der Waals surface area contributed by atoms with Crippen molar-refractivity contribution in [2.75, 3.05) is 6.61 Å². The van der Waals surface area contributed by atoms with Gasteiger partial charge in [-0.25, -0.2) is 4.79 Å². The smallest absolute Gasteiger partial charge is 0.332 e. The number of ether oxygens (including phenoxy) is 1. The van der Waals surface area contributed by atoms with Gasteiger partial charge < -0.3 is 14.1 Å². The fourth-order valence-electron chi connectivity index (χ4n) is 2.33. The van der Waals surface area contributed by atoms with Gasteiger partial charge in [0.2, 0.25) is 0 Å². The van der Waals surface area contributed by atoms with E-state index in [0.29, 0.717) is 20.8 Å². The number of nitro groups is 1. The van der Waals surface area contributed by atoms with Gasteiger partial charge in [0.05, 0.1) is 21.4 Å². The first-order valence-electron chi connectivity index (χ1n) is 7.90. The third kappa shape index (κ3) is 4.57. The second-order valence-corrected chi connectivity index (χ2v) is 7.06. The molecule has 0 atom stereocenters. The Morgan fingerprint density at radius 3 is 2.74 bits per heavy atom. The highest BCUT2D eigenvalue weighted by Gasteiger charge is 2.08. The van der Waals surface area contributed by atoms with Crippen molar-refractivity contribution in [3.05, 3.63) is 66.1 Å². The average Bonchev–Trinajstić information content (AvgIpc) is 3.22. The largest absolute Gasteiger partial charge is 0.463 e. The van der Waals surface area contributed by atoms with Crippen LogP contribution in [0, 0.1) is 14.1 Å². The van der Waals surface area contributed by atoms with E-state index in [1.165, 1.54) is 29.5 Å². The standard InChI is InChI=1S/C18H14N2O5S2/c1-2-24-17(21)10-14-16(27-18(26)19-14)9-13-7-8-15(25-13)11-3-5-12(6-4-11)20(22)23/h3-10H,2H2,1H3,(H,19,26)/b14-10-,16-9-. The lowest BCUT2D eigenvalue weighted by molar-refractivity contribution is -0.384. The SMILES string of the molecule is CCOC(=O)/C=c1\[nH]c(=S)s\c1=C/c1ccc(-c2ccc([N+](=O)[O-])cc2)o1. The molecule has 3 aromatic rings. The molecule has 27 heavy (non-hydrogen) atoms. The summed E-state index contributed by atoms with van der Waals surface area (Å²) in [4.78, 5) is 24.9. The molecule has 0 radical (unpaired) electrons. The van der Waals surface area contributed by atoms with Gasteiger partial charge in [-0.2, -0.15) is 0 Å². The van der Waals surface area contributed by atoms with Crippen molar-refractivity contribution in [2.24, 2.45) is 0 Å². The number of nitro benzene ring substituents is 1. The van der Waals surface area contributed by atoms with Gasteiger partial charge in [0.1, 0.15) is 11.5 Å². The van der Waals surface area contributed by atoms with Crippen LogP contribution in [0.3, 0.4) is 0 Å². The Labute approximate surface area is 162 Å². The lowest BCUT2D eigenvalue weighted by Gasteiger charge is -1.96. The van der Waals surface area contributed by atoms with Crippen LogP contribution in [0.25, 0.3) is 23.5 Å². The van der Waals surface area contributed by atoms with E-state index in [0.717, 1.165) is 10.1 Å². The third-order valence-electron chi connectivity index (χ3n) is 3.52. The highest BCUT2D eigenvalue weighted by molar-refractivity contribution is 7.73. The molecule has 0 aliphatic carbocycles. The molecule has 2 aromatic heterocycles. The second kappa shape index (κ2) is 8.11. The maximum Gasteiger partial charge on any atom is 0.332 e. The Balaban J connectivity index is 1.95. The number of esters is 1. The number of furan rings is 1. The molecule has 138 valence electrons. The number of carbonyl (C=O) groups excluding carboxylic acids is 1. The molecule has 7 nitrogen and oxygen atoms in total. The molecule has 1 N–H and O–H groups in total. The van der Waals surface area contributed by atoms with Crippen molar-refractivity contribution in [2.45, 2.75) is 6.92 Å². The van der Waals surface area contributed by atoms with E-state index in [1.807, 2.05) is 0 Å². The molecule has 0 aliphatic rings. The van der Waals surface area contributed by atoms with E-state index in [-0.39, 0.29) is 12.3 Å². The van der Waals surface area contributed by atoms with Crippen LogP contribution in [-0.4, -0.2) is 22.5 Å². The zero-order valence-electron chi connectivity index (χ0n) is 14.1. The topological polar surface area (TPSA) is 98.4 Å². The van der Waals surface area contributed by atoms with Gasteiger partial charge >= 0.3 is 5.97 Å². The van der Waals surface area contributed by atoms with Crippen molar-refractivity contribution in [3.8, 4) is 11.3 Å². The first-order chi connectivity index (χ1) is 13.0. The van der Waals surface area contributed by atoms with E-state index in [2.05, 4.69) is 4.98 Å². The van der Waals surface area contributed by atoms with E-state index in [9.17, 15) is 14.9 Å². The molecular formula is C18H14N2O5S2. The number of H-pyrrole nitrogens is 1. The number of carbonyl (C=O) groups is 1. The number of aromatic amines is 1. The zero-order chi connectivity index (χ0) is 19.4. The van der Waals surface area contributed by atoms with Gasteiger partial charge in [0.25, 0.3) is 5.69 Å². The monoisotopic (exact) mass is 402 g/mol. The first-order valence-corrected chi connectivity index (χ1v) is 9.12. The summed E-state index contributed by atoms with van der Waals surface area (Å²) >= 11 is 6.46. The fourth-order valence-corrected chi connectivity index (χ4v) is 3.47. The number of non-ortho nitro benzene ring substituents is 1. The molecule has 0 saturated heterocycles. The minimum atomic E-state index is -0.456. The summed E-state index contributed by atoms with van der Waals surface area (Å²) in [5.41, 5.74) is 0.739. The van der Waals surface area contributed by atoms with E-state index in [4.69, 9.17) is 21.4 Å². The predicted molar refractivity (Wildman–Crippen MR) is 104 cm³/mol. The molecule has 0 aliphatic heterocycles. The van der Waals surface area contributed by atoms with Gasteiger partial charge in [-0.3, -0.25) is 10.1 Å². The van der Waals surface area contributed by atoms with Crippen LogP contribution >= 0.6 is 23.6 Å². The van der Waals surface area contributed by atoms with Crippen LogP contribution in [0.15, 0.2) is 40.8 Å². The van der Waals surface area contributed by atoms with E-state index >= 15 is 0 Å². The minimum Gasteiger partial charge on any atom is -0.463 e. The van der Waals surface area contributed by atoms with Crippen molar-refractivity contribution in [1.82, 2.24) is 4.98 Å². The van der Waals surface area contributed by atoms with Crippen molar-refractivity contribution in [1.29, 1.82) is 0 Å². The third-order valence-corrected chi connectivity index (χ3v) is 4.71. The van der Waals surface area contributed by atoms with Crippen LogP contribution in [0.5, 0.6) is 0 Å². The van der Waals surface area contributed by atoms with Crippen LogP contribution in [0.2, 0.25) is 0 Å². The summed E-state index contributed by atoms with van der Waals surface area (Å²) in [5, 5.41) is 11.3. The zero-order valence-corrected chi connectivity index (χ0v) is 15.8. The highest BCUT2D eigenvalue weighted by atomic mass is 32.1. The van der Waals surface area contributed by atoms with Gasteiger partial charge in [-0.1, -0.05) is 0 Å². The molecule has 2 heterocycles. The van der Waals surface area contributed by atoms with E-state index < -0.39 is 10.9 Å². The van der Waals surface area contributed by atoms with Gasteiger partial charge in [0, 0.05) is 29.8 Å². The lowest BCUT2D eigenvalue weighted by atomic mass is 10.1. The lowest BCUT2D eigenvalue weighted by Crippen LogP contribution is -2.23. The average molecular weight is 402 g/mol. The Kier molecular flexibility index (Phi) is 5.63. The predicted octanol–water partition coefficient (Wildman–Crippen LogP) is 3.15. The molecule has 0 unspecified atom stereocenters. The van der Waals surface area contributed by atoms with Crippen molar-refractivity contribution in [3.63, 3.8) is 0 Å². The molecule has 0 bridgehead atoms. The number of nitrogens with zero attached hydrogens (tertiary/aromatic N) is 1. The van der Waals surface area contributed by atoms with E-state index in [1.54, 1.807) is 37.3 Å². The first kappa shape index (κ1) is 18.7. The molecule has 0 saturated carbocycles. The molecule has 9 heteroatoms. The van der Waals surface area contributed by atoms with Gasteiger partial charge in [-0.05, 0) is 43.4 Å². The van der Waals surface area contributed by atoms with Crippen LogP contribution < -0.4 is 9.88 Å². The molecule has 0 spiro atoms. The van der Waals surface area contributed by atoms with Crippen LogP contribution in [0.4, 0.5) is 5.69 Å². The number of thiazole rings is 1. The number of aromatic nitrogens is 1. The summed E-state index contributed by atoms with van der Waals surface area (Å²) in [6.45, 7) is 2.02. The maximum absolute atomic E-state index is 11.7. The van der Waals surface area contributed by atoms with Crippen LogP contribution in [-0.2, 0) is 9.53 Å². The quantitative estimate of drug-likeness (QED) is 0.305. The number of nitrogens with one attached hydrogen (secondary N) is 1. The summed E-state index contributed by atoms with van der Waals surface area (Å²) in [5.74, 6) is 0.681. The second-order valence-electron chi connectivity index (χ2n) is 5.34. The summed E-state index contributed by atoms with van der Waals surface area (Å²) in [6, 6.07) is 9.64. The Bertz CT molecular complexity index is 1160. The number of rotatable bonds is 5. The number of hydrogen-bond donors (Lipinski definition) is 1. The Hall–Kier alpha value is -3.04. The molecule has 0 amide bonds. The normalized spacial score (nSPS) is 12.3. The summed E-state index contributed by atoms with van der Waals surface area (Å²) < 4.78 is 12.0. The van der Waals surface area contributed by atoms with Crippen LogP contribution in [0.1, 0.15) is 12.7 Å².